The Kier molecular flexibility index (Phi) is 3.59. The molecule has 0 spiro atoms. The molecule has 2 aliphatic rings. The molecule has 4 rings (SSSR count). The van der Waals surface area contributed by atoms with Gasteiger partial charge in [-0.05, 0) is 23.3 Å². The summed E-state index contributed by atoms with van der Waals surface area (Å²) in [5.41, 5.74) is 5.75. The minimum Gasteiger partial charge on any atom is -0.229 e. The van der Waals surface area contributed by atoms with Gasteiger partial charge in [0, 0.05) is 24.0 Å². The zero-order valence-corrected chi connectivity index (χ0v) is 12.9. The van der Waals surface area contributed by atoms with E-state index in [0.29, 0.717) is 0 Å². The lowest BCUT2D eigenvalue weighted by atomic mass is 10.0. The van der Waals surface area contributed by atoms with Crippen molar-refractivity contribution in [3.05, 3.63) is 70.8 Å². The Balaban J connectivity index is 1.46. The van der Waals surface area contributed by atoms with Crippen LogP contribution < -0.4 is 0 Å². The molecule has 110 valence electrons. The van der Waals surface area contributed by atoms with E-state index in [9.17, 15) is 0 Å². The first kappa shape index (κ1) is 13.4. The third-order valence-electron chi connectivity index (χ3n) is 4.76. The van der Waals surface area contributed by atoms with Crippen LogP contribution >= 0.6 is 0 Å². The fourth-order valence-electron chi connectivity index (χ4n) is 3.44. The molecule has 2 aromatic carbocycles. The molecule has 0 radical (unpaired) electrons. The molecule has 2 aromatic rings. The lowest BCUT2D eigenvalue weighted by Gasteiger charge is -2.14. The number of fused-ring (bicyclic) bond motifs is 2. The molecule has 2 heterocycles. The monoisotopic (exact) mass is 290 g/mol. The highest BCUT2D eigenvalue weighted by Crippen LogP contribution is 2.12. The van der Waals surface area contributed by atoms with Gasteiger partial charge in [0.2, 0.25) is 13.1 Å². The number of hydrogen-bond acceptors (Lipinski definition) is 0. The van der Waals surface area contributed by atoms with Crippen molar-refractivity contribution in [2.75, 3.05) is 26.2 Å². The Morgan fingerprint density at radius 3 is 1.59 bits per heavy atom. The zero-order valence-electron chi connectivity index (χ0n) is 12.9. The minimum absolute atomic E-state index is 1.10. The van der Waals surface area contributed by atoms with Gasteiger partial charge in [-0.2, -0.15) is 0 Å². The molecular weight excluding hydrogens is 268 g/mol. The fraction of sp³-hybridized carbons (Fsp3) is 0.300. The molecule has 0 bridgehead atoms. The maximum Gasteiger partial charge on any atom is 0.200 e. The van der Waals surface area contributed by atoms with Crippen molar-refractivity contribution in [3.63, 3.8) is 0 Å². The van der Waals surface area contributed by atoms with Gasteiger partial charge in [0.15, 0.2) is 12.4 Å². The van der Waals surface area contributed by atoms with Gasteiger partial charge < -0.3 is 0 Å². The van der Waals surface area contributed by atoms with Crippen molar-refractivity contribution in [1.29, 1.82) is 0 Å². The summed E-state index contributed by atoms with van der Waals surface area (Å²) in [6.45, 7) is 4.49. The van der Waals surface area contributed by atoms with E-state index in [2.05, 4.69) is 70.1 Å². The fourth-order valence-corrected chi connectivity index (χ4v) is 3.44. The van der Waals surface area contributed by atoms with E-state index in [1.165, 1.54) is 35.1 Å². The van der Waals surface area contributed by atoms with Crippen LogP contribution in [0.3, 0.4) is 0 Å². The van der Waals surface area contributed by atoms with Crippen molar-refractivity contribution >= 4 is 12.4 Å². The third-order valence-corrected chi connectivity index (χ3v) is 4.76. The van der Waals surface area contributed by atoms with Crippen molar-refractivity contribution in [3.8, 4) is 0 Å². The Bertz CT molecular complexity index is 690. The molecule has 0 unspecified atom stereocenters. The van der Waals surface area contributed by atoms with Crippen LogP contribution in [0, 0.1) is 0 Å². The first-order chi connectivity index (χ1) is 10.9. The highest BCUT2D eigenvalue weighted by atomic mass is 15.1. The zero-order chi connectivity index (χ0) is 14.8. The van der Waals surface area contributed by atoms with Gasteiger partial charge in [0.25, 0.3) is 0 Å². The third kappa shape index (κ3) is 2.74. The molecule has 0 aliphatic carbocycles. The second-order valence-corrected chi connectivity index (χ2v) is 6.23. The van der Waals surface area contributed by atoms with Crippen LogP contribution in [-0.2, 0) is 12.8 Å². The van der Waals surface area contributed by atoms with Gasteiger partial charge in [0.1, 0.15) is 13.1 Å². The maximum atomic E-state index is 2.47. The number of benzene rings is 2. The van der Waals surface area contributed by atoms with Crippen molar-refractivity contribution in [2.45, 2.75) is 12.8 Å². The van der Waals surface area contributed by atoms with Crippen molar-refractivity contribution < 1.29 is 9.15 Å². The van der Waals surface area contributed by atoms with E-state index >= 15 is 0 Å². The van der Waals surface area contributed by atoms with Gasteiger partial charge in [0.05, 0.1) is 0 Å². The Hall–Kier alpha value is -2.22. The van der Waals surface area contributed by atoms with Gasteiger partial charge in [-0.1, -0.05) is 36.4 Å². The first-order valence-electron chi connectivity index (χ1n) is 8.22. The highest BCUT2D eigenvalue weighted by Gasteiger charge is 2.19. The van der Waals surface area contributed by atoms with Crippen LogP contribution in [0.15, 0.2) is 48.5 Å². The Morgan fingerprint density at radius 2 is 1.09 bits per heavy atom. The van der Waals surface area contributed by atoms with E-state index in [4.69, 9.17) is 0 Å². The lowest BCUT2D eigenvalue weighted by molar-refractivity contribution is -0.595. The van der Waals surface area contributed by atoms with E-state index in [1.54, 1.807) is 0 Å². The quantitative estimate of drug-likeness (QED) is 0.766. The minimum atomic E-state index is 1.10. The standard InChI is InChI=1S/C20H22N2/c1-3-7-19-15-21(11-9-17(19)5-1)13-14-22-12-10-18-6-2-4-8-20(18)16-22/h1-8,15-16H,9-14H2/q+2. The molecule has 0 N–H and O–H groups in total. The van der Waals surface area contributed by atoms with Crippen LogP contribution in [0.5, 0.6) is 0 Å². The summed E-state index contributed by atoms with van der Waals surface area (Å²) >= 11 is 0. The van der Waals surface area contributed by atoms with Crippen LogP contribution in [0.1, 0.15) is 22.3 Å². The van der Waals surface area contributed by atoms with Crippen molar-refractivity contribution in [2.24, 2.45) is 0 Å². The summed E-state index contributed by atoms with van der Waals surface area (Å²) in [4.78, 5) is 0. The van der Waals surface area contributed by atoms with Gasteiger partial charge in [-0.25, -0.2) is 9.15 Å². The summed E-state index contributed by atoms with van der Waals surface area (Å²) in [6, 6.07) is 17.5. The smallest absolute Gasteiger partial charge is 0.200 e. The molecule has 0 saturated carbocycles. The summed E-state index contributed by atoms with van der Waals surface area (Å²) in [7, 11) is 0. The predicted molar refractivity (Wildman–Crippen MR) is 90.6 cm³/mol. The normalized spacial score (nSPS) is 16.4. The second kappa shape index (κ2) is 5.88. The molecule has 2 aliphatic heterocycles. The molecule has 0 amide bonds. The average molecular weight is 290 g/mol. The Labute approximate surface area is 132 Å². The summed E-state index contributed by atoms with van der Waals surface area (Å²) in [5.74, 6) is 0. The topological polar surface area (TPSA) is 6.02 Å². The maximum absolute atomic E-state index is 2.47. The average Bonchev–Trinajstić information content (AvgIpc) is 2.59. The van der Waals surface area contributed by atoms with E-state index in [0.717, 1.165) is 26.2 Å². The lowest BCUT2D eigenvalue weighted by Crippen LogP contribution is -2.32. The van der Waals surface area contributed by atoms with Crippen LogP contribution in [0.25, 0.3) is 0 Å². The van der Waals surface area contributed by atoms with Gasteiger partial charge >= 0.3 is 0 Å². The molecule has 0 aromatic heterocycles. The van der Waals surface area contributed by atoms with E-state index in [-0.39, 0.29) is 0 Å². The molecule has 0 atom stereocenters. The van der Waals surface area contributed by atoms with Crippen LogP contribution in [0.4, 0.5) is 0 Å². The van der Waals surface area contributed by atoms with E-state index < -0.39 is 0 Å². The van der Waals surface area contributed by atoms with Gasteiger partial charge in [-0.3, -0.25) is 0 Å². The van der Waals surface area contributed by atoms with Crippen LogP contribution in [-0.4, -0.2) is 47.8 Å². The second-order valence-electron chi connectivity index (χ2n) is 6.23. The molecule has 2 heteroatoms. The molecule has 0 fully saturated rings. The predicted octanol–water partition coefficient (Wildman–Crippen LogP) is 2.36. The first-order valence-corrected chi connectivity index (χ1v) is 8.22. The summed E-state index contributed by atoms with van der Waals surface area (Å²) in [5, 5.41) is 0. The Morgan fingerprint density at radius 1 is 0.636 bits per heavy atom. The van der Waals surface area contributed by atoms with Crippen molar-refractivity contribution in [1.82, 2.24) is 0 Å². The summed E-state index contributed by atoms with van der Waals surface area (Å²) in [6.07, 6.45) is 6.99. The molecule has 22 heavy (non-hydrogen) atoms. The van der Waals surface area contributed by atoms with Gasteiger partial charge in [-0.15, -0.1) is 0 Å². The number of rotatable bonds is 3. The number of hydrogen-bond donors (Lipinski definition) is 0. The summed E-state index contributed by atoms with van der Waals surface area (Å²) < 4.78 is 4.94. The molecule has 2 nitrogen and oxygen atoms in total. The molecule has 0 saturated heterocycles. The number of nitrogens with zero attached hydrogens (tertiary/aromatic N) is 2. The van der Waals surface area contributed by atoms with E-state index in [1.807, 2.05) is 0 Å². The largest absolute Gasteiger partial charge is 0.229 e. The highest BCUT2D eigenvalue weighted by molar-refractivity contribution is 5.79. The molecular formula is C20H22N2+2. The van der Waals surface area contributed by atoms with Crippen LogP contribution in [0.2, 0.25) is 0 Å². The SMILES string of the molecule is C1=[N+](CC[N+]2=Cc3ccccc3CC2)CCc2ccccc21.